The van der Waals surface area contributed by atoms with E-state index in [0.717, 1.165) is 65.4 Å². The average molecular weight is 551 g/mol. The van der Waals surface area contributed by atoms with Crippen molar-refractivity contribution >= 4 is 45.7 Å². The number of benzene rings is 4. The Kier molecular flexibility index (Phi) is 8.59. The van der Waals surface area contributed by atoms with E-state index in [2.05, 4.69) is 65.4 Å². The molecule has 5 rings (SSSR count). The highest BCUT2D eigenvalue weighted by Crippen LogP contribution is 2.35. The maximum atomic E-state index is 10.4. The van der Waals surface area contributed by atoms with E-state index >= 15 is 0 Å². The number of anilines is 4. The molecule has 0 aromatic heterocycles. The summed E-state index contributed by atoms with van der Waals surface area (Å²) in [6.45, 7) is 9.79. The molecule has 1 N–H and O–H groups in total. The quantitative estimate of drug-likeness (QED) is 0.210. The van der Waals surface area contributed by atoms with Crippen LogP contribution in [0, 0.1) is 0 Å². The molecule has 1 aliphatic heterocycles. The predicted octanol–water partition coefficient (Wildman–Crippen LogP) is 9.41. The molecule has 40 heavy (non-hydrogen) atoms. The summed E-state index contributed by atoms with van der Waals surface area (Å²) >= 11 is 6.06. The van der Waals surface area contributed by atoms with Gasteiger partial charge in [-0.05, 0) is 103 Å². The predicted molar refractivity (Wildman–Crippen MR) is 169 cm³/mol. The van der Waals surface area contributed by atoms with Gasteiger partial charge in [-0.3, -0.25) is 0 Å². The van der Waals surface area contributed by atoms with Crippen molar-refractivity contribution in [3.63, 3.8) is 0 Å². The third kappa shape index (κ3) is 6.41. The zero-order chi connectivity index (χ0) is 28.1. The van der Waals surface area contributed by atoms with Gasteiger partial charge in [0.25, 0.3) is 0 Å². The number of ether oxygens (including phenoxy) is 1. The molecule has 4 nitrogen and oxygen atoms in total. The van der Waals surface area contributed by atoms with Crippen molar-refractivity contribution in [1.82, 2.24) is 0 Å². The molecule has 1 atom stereocenters. The van der Waals surface area contributed by atoms with Gasteiger partial charge >= 0.3 is 0 Å². The lowest BCUT2D eigenvalue weighted by Crippen LogP contribution is -2.33. The monoisotopic (exact) mass is 550 g/mol. The largest absolute Gasteiger partial charge is 0.508 e. The van der Waals surface area contributed by atoms with E-state index in [0.29, 0.717) is 10.6 Å². The molecule has 5 heteroatoms. The Labute approximate surface area is 242 Å². The highest BCUT2D eigenvalue weighted by Gasteiger charge is 2.21. The zero-order valence-electron chi connectivity index (χ0n) is 22.9. The van der Waals surface area contributed by atoms with E-state index in [-0.39, 0.29) is 11.9 Å². The van der Waals surface area contributed by atoms with E-state index in [9.17, 15) is 5.11 Å². The van der Waals surface area contributed by atoms with Crippen LogP contribution in [0.15, 0.2) is 110 Å². The molecule has 4 aromatic carbocycles. The summed E-state index contributed by atoms with van der Waals surface area (Å²) in [7, 11) is 2.03. The molecule has 0 aliphatic carbocycles. The van der Waals surface area contributed by atoms with Crippen molar-refractivity contribution in [1.29, 1.82) is 0 Å². The first-order valence-corrected chi connectivity index (χ1v) is 14.0. The SMILES string of the molecule is C=C(O)c1cc(C(=C)c2ccc(N(C)c3ccc(Cl)cc3)cc2)cc(N(CC2CCCCO2)c2ccccc2)c1. The maximum absolute atomic E-state index is 10.4. The van der Waals surface area contributed by atoms with Gasteiger partial charge in [-0.1, -0.05) is 55.1 Å². The van der Waals surface area contributed by atoms with Crippen LogP contribution in [0.25, 0.3) is 11.3 Å². The van der Waals surface area contributed by atoms with Crippen molar-refractivity contribution < 1.29 is 9.84 Å². The normalized spacial score (nSPS) is 14.9. The van der Waals surface area contributed by atoms with Crippen molar-refractivity contribution in [3.8, 4) is 0 Å². The molecule has 0 radical (unpaired) electrons. The van der Waals surface area contributed by atoms with Gasteiger partial charge in [0.2, 0.25) is 0 Å². The van der Waals surface area contributed by atoms with Gasteiger partial charge in [-0.2, -0.15) is 0 Å². The highest BCUT2D eigenvalue weighted by molar-refractivity contribution is 6.30. The minimum absolute atomic E-state index is 0.0257. The number of halogens is 1. The summed E-state index contributed by atoms with van der Waals surface area (Å²) in [5, 5.41) is 11.2. The summed E-state index contributed by atoms with van der Waals surface area (Å²) in [6.07, 6.45) is 3.46. The second kappa shape index (κ2) is 12.5. The molecule has 1 aliphatic rings. The van der Waals surface area contributed by atoms with Crippen molar-refractivity contribution in [3.05, 3.63) is 132 Å². The minimum Gasteiger partial charge on any atom is -0.508 e. The molecule has 1 unspecified atom stereocenters. The molecule has 1 heterocycles. The molecule has 4 aromatic rings. The van der Waals surface area contributed by atoms with Gasteiger partial charge in [0.15, 0.2) is 0 Å². The Morgan fingerprint density at radius 3 is 2.08 bits per heavy atom. The fourth-order valence-corrected chi connectivity index (χ4v) is 5.22. The molecule has 0 spiro atoms. The van der Waals surface area contributed by atoms with Gasteiger partial charge in [0.05, 0.1) is 6.10 Å². The van der Waals surface area contributed by atoms with Gasteiger partial charge in [0.1, 0.15) is 5.76 Å². The number of aliphatic hydroxyl groups excluding tert-OH is 1. The maximum Gasteiger partial charge on any atom is 0.115 e. The van der Waals surface area contributed by atoms with Crippen LogP contribution >= 0.6 is 11.6 Å². The van der Waals surface area contributed by atoms with Crippen LogP contribution in [0.5, 0.6) is 0 Å². The molecule has 1 fully saturated rings. The molecule has 0 saturated carbocycles. The Morgan fingerprint density at radius 2 is 1.45 bits per heavy atom. The van der Waals surface area contributed by atoms with Crippen molar-refractivity contribution in [2.75, 3.05) is 30.0 Å². The lowest BCUT2D eigenvalue weighted by atomic mass is 9.96. The summed E-state index contributed by atoms with van der Waals surface area (Å²) in [5.74, 6) is 0.0257. The fraction of sp³-hybridized carbons (Fsp3) is 0.200. The van der Waals surface area contributed by atoms with E-state index in [1.807, 2.05) is 61.6 Å². The van der Waals surface area contributed by atoms with Gasteiger partial charge in [-0.15, -0.1) is 0 Å². The van der Waals surface area contributed by atoms with E-state index in [1.54, 1.807) is 0 Å². The molecular formula is C35H35ClN2O2. The van der Waals surface area contributed by atoms with Crippen LogP contribution in [0.2, 0.25) is 5.02 Å². The second-order valence-electron chi connectivity index (χ2n) is 10.2. The lowest BCUT2D eigenvalue weighted by molar-refractivity contribution is 0.0222. The number of aliphatic hydroxyl groups is 1. The Hall–Kier alpha value is -3.99. The van der Waals surface area contributed by atoms with Gasteiger partial charge in [-0.25, -0.2) is 0 Å². The zero-order valence-corrected chi connectivity index (χ0v) is 23.6. The first-order valence-electron chi connectivity index (χ1n) is 13.7. The van der Waals surface area contributed by atoms with Crippen LogP contribution in [0.3, 0.4) is 0 Å². The topological polar surface area (TPSA) is 35.9 Å². The Balaban J connectivity index is 1.46. The summed E-state index contributed by atoms with van der Waals surface area (Å²) in [4.78, 5) is 4.38. The molecule has 0 bridgehead atoms. The van der Waals surface area contributed by atoms with Crippen molar-refractivity contribution in [2.45, 2.75) is 25.4 Å². The van der Waals surface area contributed by atoms with E-state index in [1.165, 1.54) is 6.42 Å². The smallest absolute Gasteiger partial charge is 0.115 e. The fourth-order valence-electron chi connectivity index (χ4n) is 5.10. The summed E-state index contributed by atoms with van der Waals surface area (Å²) in [5.41, 5.74) is 7.60. The number of hydrogen-bond donors (Lipinski definition) is 1. The molecule has 0 amide bonds. The van der Waals surface area contributed by atoms with Gasteiger partial charge in [0, 0.05) is 53.5 Å². The van der Waals surface area contributed by atoms with E-state index < -0.39 is 0 Å². The van der Waals surface area contributed by atoms with E-state index in [4.69, 9.17) is 16.3 Å². The lowest BCUT2D eigenvalue weighted by Gasteiger charge is -2.32. The number of nitrogens with zero attached hydrogens (tertiary/aromatic N) is 2. The van der Waals surface area contributed by atoms with Crippen LogP contribution in [-0.2, 0) is 4.74 Å². The third-order valence-corrected chi connectivity index (χ3v) is 7.71. The number of rotatable bonds is 9. The van der Waals surface area contributed by atoms with Crippen LogP contribution < -0.4 is 9.80 Å². The third-order valence-electron chi connectivity index (χ3n) is 7.46. The molecule has 204 valence electrons. The molecular weight excluding hydrogens is 516 g/mol. The van der Waals surface area contributed by atoms with Crippen LogP contribution in [-0.4, -0.2) is 31.4 Å². The minimum atomic E-state index is 0.0257. The van der Waals surface area contributed by atoms with Crippen molar-refractivity contribution in [2.24, 2.45) is 0 Å². The number of hydrogen-bond acceptors (Lipinski definition) is 4. The van der Waals surface area contributed by atoms with Gasteiger partial charge < -0.3 is 19.6 Å². The van der Waals surface area contributed by atoms with Crippen LogP contribution in [0.1, 0.15) is 36.0 Å². The first-order chi connectivity index (χ1) is 19.4. The molecule has 1 saturated heterocycles. The average Bonchev–Trinajstić information content (AvgIpc) is 3.00. The second-order valence-corrected chi connectivity index (χ2v) is 10.6. The Bertz CT molecular complexity index is 1460. The summed E-state index contributed by atoms with van der Waals surface area (Å²) < 4.78 is 6.11. The Morgan fingerprint density at radius 1 is 0.800 bits per heavy atom. The summed E-state index contributed by atoms with van der Waals surface area (Å²) in [6, 6.07) is 32.5. The highest BCUT2D eigenvalue weighted by atomic mass is 35.5. The first kappa shape index (κ1) is 27.6. The number of para-hydroxylation sites is 1. The van der Waals surface area contributed by atoms with Crippen LogP contribution in [0.4, 0.5) is 22.7 Å². The standard InChI is InChI=1S/C35H35ClN2O2/c1-25(27-12-16-31(17-13-27)37(3)32-18-14-30(36)15-19-32)28-21-29(26(2)39)23-34(22-28)38(33-9-5-4-6-10-33)24-35-11-7-8-20-40-35/h4-6,9-10,12-19,21-23,35,39H,1-2,7-8,11,20,24H2,3H3.